The van der Waals surface area contributed by atoms with Crippen LogP contribution in [-0.4, -0.2) is 21.2 Å². The number of hydrogen-bond donors (Lipinski definition) is 1. The molecule has 0 spiro atoms. The summed E-state index contributed by atoms with van der Waals surface area (Å²) in [5, 5.41) is 5.25. The molecule has 1 atom stereocenters. The van der Waals surface area contributed by atoms with Gasteiger partial charge in [0.05, 0.1) is 11.7 Å². The summed E-state index contributed by atoms with van der Waals surface area (Å²) in [4.78, 5) is 43.2. The molecule has 1 amide bonds. The molecule has 4 aromatic rings. The Hall–Kier alpha value is -3.10. The second-order valence-corrected chi connectivity index (χ2v) is 9.12. The van der Waals surface area contributed by atoms with Crippen molar-refractivity contribution in [3.05, 3.63) is 80.6 Å². The van der Waals surface area contributed by atoms with Gasteiger partial charge in [-0.3, -0.25) is 19.0 Å². The number of ketones is 1. The maximum atomic E-state index is 13.4. The fourth-order valence-electron chi connectivity index (χ4n) is 3.56. The number of thiophene rings is 1. The van der Waals surface area contributed by atoms with Gasteiger partial charge in [-0.1, -0.05) is 47.1 Å². The summed E-state index contributed by atoms with van der Waals surface area (Å²) < 4.78 is 2.34. The van der Waals surface area contributed by atoms with Gasteiger partial charge in [0.25, 0.3) is 5.56 Å². The number of hydrogen-bond acceptors (Lipinski definition) is 5. The molecule has 6 nitrogen and oxygen atoms in total. The van der Waals surface area contributed by atoms with Crippen molar-refractivity contribution < 1.29 is 9.59 Å². The van der Waals surface area contributed by atoms with E-state index in [0.717, 1.165) is 15.6 Å². The second-order valence-electron chi connectivity index (χ2n) is 7.34. The highest BCUT2D eigenvalue weighted by Gasteiger charge is 2.23. The van der Waals surface area contributed by atoms with E-state index in [0.29, 0.717) is 27.9 Å². The lowest BCUT2D eigenvalue weighted by Gasteiger charge is -2.18. The Morgan fingerprint density at radius 1 is 1.19 bits per heavy atom. The molecule has 162 valence electrons. The smallest absolute Gasteiger partial charge is 0.263 e. The van der Waals surface area contributed by atoms with E-state index >= 15 is 0 Å². The quantitative estimate of drug-likeness (QED) is 0.339. The van der Waals surface area contributed by atoms with Gasteiger partial charge in [-0.25, -0.2) is 4.98 Å². The predicted molar refractivity (Wildman–Crippen MR) is 131 cm³/mol. The first-order valence-electron chi connectivity index (χ1n) is 10.0. The number of halogens is 1. The Balaban J connectivity index is 1.72. The van der Waals surface area contributed by atoms with Crippen LogP contribution in [0.3, 0.4) is 0 Å². The highest BCUT2D eigenvalue weighted by atomic mass is 79.9. The number of benzene rings is 2. The van der Waals surface area contributed by atoms with Crippen molar-refractivity contribution in [1.82, 2.24) is 9.55 Å². The summed E-state index contributed by atoms with van der Waals surface area (Å²) in [6.07, 6.45) is 1.84. The molecule has 0 aliphatic carbocycles. The molecule has 0 aliphatic heterocycles. The van der Waals surface area contributed by atoms with Crippen LogP contribution in [0.2, 0.25) is 0 Å². The number of rotatable bonds is 6. The van der Waals surface area contributed by atoms with E-state index in [2.05, 4.69) is 26.2 Å². The number of aromatic nitrogens is 2. The molecule has 4 rings (SSSR count). The summed E-state index contributed by atoms with van der Waals surface area (Å²) >= 11 is 4.83. The molecule has 2 heterocycles. The Kier molecular flexibility index (Phi) is 6.34. The van der Waals surface area contributed by atoms with Crippen molar-refractivity contribution >= 4 is 54.9 Å². The minimum atomic E-state index is -0.738. The minimum absolute atomic E-state index is 0.0862. The fourth-order valence-corrected chi connectivity index (χ4v) is 4.73. The van der Waals surface area contributed by atoms with Gasteiger partial charge in [0.15, 0.2) is 5.78 Å². The topological polar surface area (TPSA) is 81.1 Å². The van der Waals surface area contributed by atoms with Gasteiger partial charge in [-0.2, -0.15) is 0 Å². The molecule has 32 heavy (non-hydrogen) atoms. The van der Waals surface area contributed by atoms with Crippen LogP contribution in [0.5, 0.6) is 0 Å². The molecule has 0 saturated heterocycles. The molecular formula is C24H20BrN3O3S. The van der Waals surface area contributed by atoms with Gasteiger partial charge in [0, 0.05) is 26.7 Å². The maximum Gasteiger partial charge on any atom is 0.263 e. The molecule has 1 N–H and O–H groups in total. The summed E-state index contributed by atoms with van der Waals surface area (Å²) in [6.45, 7) is 3.32. The lowest BCUT2D eigenvalue weighted by atomic mass is 10.1. The van der Waals surface area contributed by atoms with Gasteiger partial charge in [0.2, 0.25) is 5.91 Å². The highest BCUT2D eigenvalue weighted by Crippen LogP contribution is 2.31. The zero-order chi connectivity index (χ0) is 22.8. The van der Waals surface area contributed by atoms with Crippen molar-refractivity contribution in [1.29, 1.82) is 0 Å². The molecule has 0 bridgehead atoms. The number of carbonyl (C=O) groups is 2. The maximum absolute atomic E-state index is 13.4. The first kappa shape index (κ1) is 22.1. The average molecular weight is 510 g/mol. The molecule has 0 fully saturated rings. The Morgan fingerprint density at radius 2 is 1.94 bits per heavy atom. The molecule has 8 heteroatoms. The molecule has 2 aromatic heterocycles. The average Bonchev–Trinajstić information content (AvgIpc) is 3.21. The van der Waals surface area contributed by atoms with Gasteiger partial charge in [-0.05, 0) is 43.2 Å². The van der Waals surface area contributed by atoms with Crippen LogP contribution in [0.15, 0.2) is 69.5 Å². The first-order chi connectivity index (χ1) is 15.4. The number of nitrogens with one attached hydrogen (secondary N) is 1. The van der Waals surface area contributed by atoms with E-state index in [-0.39, 0.29) is 17.2 Å². The van der Waals surface area contributed by atoms with Crippen LogP contribution in [0.4, 0.5) is 5.69 Å². The number of fused-ring (bicyclic) bond motifs is 1. The van der Waals surface area contributed by atoms with Crippen molar-refractivity contribution in [2.24, 2.45) is 0 Å². The highest BCUT2D eigenvalue weighted by molar-refractivity contribution is 9.10. The molecule has 0 saturated carbocycles. The van der Waals surface area contributed by atoms with Crippen LogP contribution >= 0.6 is 27.3 Å². The SMILES string of the molecule is CCC(C(=O)Nc1cccc(C(C)=O)c1)n1cnc2scc(-c3ccc(Br)cc3)c2c1=O. The normalized spacial score (nSPS) is 12.0. The van der Waals surface area contributed by atoms with Gasteiger partial charge >= 0.3 is 0 Å². The molecule has 2 aromatic carbocycles. The van der Waals surface area contributed by atoms with Crippen molar-refractivity contribution in [2.45, 2.75) is 26.3 Å². The van der Waals surface area contributed by atoms with Gasteiger partial charge in [0.1, 0.15) is 10.9 Å². The Bertz CT molecular complexity index is 1380. The molecule has 0 radical (unpaired) electrons. The number of amides is 1. The third kappa shape index (κ3) is 4.28. The van der Waals surface area contributed by atoms with Crippen LogP contribution in [0, 0.1) is 0 Å². The van der Waals surface area contributed by atoms with Crippen molar-refractivity contribution in [2.75, 3.05) is 5.32 Å². The number of Topliss-reactive ketones (excluding diaryl/α,β-unsaturated/α-hetero) is 1. The minimum Gasteiger partial charge on any atom is -0.324 e. The third-order valence-electron chi connectivity index (χ3n) is 5.24. The van der Waals surface area contributed by atoms with E-state index < -0.39 is 6.04 Å². The first-order valence-corrected chi connectivity index (χ1v) is 11.7. The van der Waals surface area contributed by atoms with Gasteiger partial charge < -0.3 is 5.32 Å². The lowest BCUT2D eigenvalue weighted by Crippen LogP contribution is -2.33. The summed E-state index contributed by atoms with van der Waals surface area (Å²) in [7, 11) is 0. The van der Waals surface area contributed by atoms with Crippen LogP contribution in [0.25, 0.3) is 21.3 Å². The van der Waals surface area contributed by atoms with Crippen LogP contribution in [0.1, 0.15) is 36.7 Å². The third-order valence-corrected chi connectivity index (χ3v) is 6.65. The van der Waals surface area contributed by atoms with Gasteiger partial charge in [-0.15, -0.1) is 11.3 Å². The largest absolute Gasteiger partial charge is 0.324 e. The number of anilines is 1. The zero-order valence-corrected chi connectivity index (χ0v) is 19.9. The molecule has 0 aliphatic rings. The van der Waals surface area contributed by atoms with Crippen LogP contribution < -0.4 is 10.9 Å². The number of carbonyl (C=O) groups excluding carboxylic acids is 2. The Morgan fingerprint density at radius 3 is 2.62 bits per heavy atom. The fraction of sp³-hybridized carbons (Fsp3) is 0.167. The summed E-state index contributed by atoms with van der Waals surface area (Å²) in [6, 6.07) is 13.7. The molecule has 1 unspecified atom stereocenters. The van der Waals surface area contributed by atoms with E-state index in [1.165, 1.54) is 29.2 Å². The predicted octanol–water partition coefficient (Wildman–Crippen LogP) is 5.68. The second kappa shape index (κ2) is 9.18. The van der Waals surface area contributed by atoms with Crippen molar-refractivity contribution in [3.63, 3.8) is 0 Å². The zero-order valence-electron chi connectivity index (χ0n) is 17.5. The summed E-state index contributed by atoms with van der Waals surface area (Å²) in [5.41, 5.74) is 2.47. The monoisotopic (exact) mass is 509 g/mol. The standard InChI is InChI=1S/C24H20BrN3O3S/c1-3-20(22(30)27-18-6-4-5-16(11-18)14(2)29)28-13-26-23-21(24(28)31)19(12-32-23)15-7-9-17(25)10-8-15/h4-13,20H,3H2,1-2H3,(H,27,30). The van der Waals surface area contributed by atoms with Crippen LogP contribution in [-0.2, 0) is 4.79 Å². The molecular weight excluding hydrogens is 490 g/mol. The van der Waals surface area contributed by atoms with Crippen molar-refractivity contribution in [3.8, 4) is 11.1 Å². The van der Waals surface area contributed by atoms with E-state index in [4.69, 9.17) is 0 Å². The van der Waals surface area contributed by atoms with E-state index in [1.807, 2.05) is 36.6 Å². The summed E-state index contributed by atoms with van der Waals surface area (Å²) in [5.74, 6) is -0.422. The number of nitrogens with zero attached hydrogens (tertiary/aromatic N) is 2. The van der Waals surface area contributed by atoms with E-state index in [9.17, 15) is 14.4 Å². The lowest BCUT2D eigenvalue weighted by molar-refractivity contribution is -0.119. The van der Waals surface area contributed by atoms with E-state index in [1.54, 1.807) is 24.3 Å². The Labute approximate surface area is 197 Å².